The number of rotatable bonds is 0. The van der Waals surface area contributed by atoms with Gasteiger partial charge in [0.1, 0.15) is 5.75 Å². The van der Waals surface area contributed by atoms with Crippen LogP contribution in [0.15, 0.2) is 18.2 Å². The summed E-state index contributed by atoms with van der Waals surface area (Å²) in [6.07, 6.45) is 0. The molecule has 2 nitrogen and oxygen atoms in total. The molecule has 0 saturated heterocycles. The Kier molecular flexibility index (Phi) is 1.44. The summed E-state index contributed by atoms with van der Waals surface area (Å²) in [6.45, 7) is 0. The number of phenolic OH excluding ortho intramolecular Hbond substituents is 1. The van der Waals surface area contributed by atoms with Crippen LogP contribution in [0.3, 0.4) is 0 Å². The number of anilines is 1. The minimum atomic E-state index is -0.393. The molecule has 0 bridgehead atoms. The maximum atomic E-state index is 12.9. The zero-order chi connectivity index (χ0) is 8.72. The van der Waals surface area contributed by atoms with Gasteiger partial charge in [-0.25, -0.2) is 0 Å². The van der Waals surface area contributed by atoms with Gasteiger partial charge in [0.15, 0.2) is 0 Å². The third-order valence-electron chi connectivity index (χ3n) is 1.66. The molecular weight excluding hydrogens is 177 g/mol. The monoisotopic (exact) mass is 183 g/mol. The third kappa shape index (κ3) is 0.921. The predicted molar refractivity (Wildman–Crippen MR) is 47.9 cm³/mol. The van der Waals surface area contributed by atoms with Gasteiger partial charge in [-0.05, 0) is 18.2 Å². The summed E-state index contributed by atoms with van der Waals surface area (Å²) in [6, 6.07) is 4.62. The van der Waals surface area contributed by atoms with E-state index >= 15 is 0 Å². The number of thiophene rings is 1. The number of nitrogens with two attached hydrogens (primary N) is 1. The van der Waals surface area contributed by atoms with Crippen molar-refractivity contribution >= 4 is 27.1 Å². The summed E-state index contributed by atoms with van der Waals surface area (Å²) in [7, 11) is 0. The Morgan fingerprint density at radius 2 is 2.17 bits per heavy atom. The summed E-state index contributed by atoms with van der Waals surface area (Å²) in [4.78, 5) is 0. The van der Waals surface area contributed by atoms with Crippen molar-refractivity contribution in [3.8, 4) is 5.75 Å². The molecule has 2 aromatic rings. The predicted octanol–water partition coefficient (Wildman–Crippen LogP) is 2.33. The molecular formula is C8H6FNOS. The smallest absolute Gasteiger partial charge is 0.200 e. The van der Waals surface area contributed by atoms with E-state index in [-0.39, 0.29) is 11.4 Å². The molecule has 0 aliphatic carbocycles. The van der Waals surface area contributed by atoms with Crippen LogP contribution in [0, 0.1) is 5.13 Å². The minimum absolute atomic E-state index is 0.104. The molecule has 1 heterocycles. The molecule has 12 heavy (non-hydrogen) atoms. The molecule has 4 heteroatoms. The van der Waals surface area contributed by atoms with Gasteiger partial charge < -0.3 is 10.8 Å². The Hall–Kier alpha value is -1.29. The van der Waals surface area contributed by atoms with Crippen LogP contribution in [-0.4, -0.2) is 5.11 Å². The third-order valence-corrected chi connectivity index (χ3v) is 2.64. The van der Waals surface area contributed by atoms with Crippen LogP contribution >= 0.6 is 11.3 Å². The number of phenols is 1. The van der Waals surface area contributed by atoms with E-state index in [2.05, 4.69) is 0 Å². The van der Waals surface area contributed by atoms with Crippen molar-refractivity contribution in [2.45, 2.75) is 0 Å². The van der Waals surface area contributed by atoms with E-state index in [4.69, 9.17) is 10.8 Å². The van der Waals surface area contributed by atoms with Gasteiger partial charge in [-0.3, -0.25) is 0 Å². The lowest BCUT2D eigenvalue weighted by molar-refractivity contribution is 0.476. The standard InChI is InChI=1S/C8H6FNOS/c9-8-7(10)5-3-4(11)1-2-6(5)12-8/h1-3,11H,10H2. The fourth-order valence-electron chi connectivity index (χ4n) is 1.07. The summed E-state index contributed by atoms with van der Waals surface area (Å²) in [5.74, 6) is 0.104. The van der Waals surface area contributed by atoms with E-state index in [9.17, 15) is 4.39 Å². The SMILES string of the molecule is Nc1c(F)sc2ccc(O)cc12. The largest absolute Gasteiger partial charge is 0.508 e. The molecule has 0 saturated carbocycles. The van der Waals surface area contributed by atoms with Gasteiger partial charge in [0.05, 0.1) is 5.69 Å². The highest BCUT2D eigenvalue weighted by Crippen LogP contribution is 2.33. The van der Waals surface area contributed by atoms with Crippen molar-refractivity contribution in [2.24, 2.45) is 0 Å². The first-order valence-electron chi connectivity index (χ1n) is 3.35. The molecule has 2 rings (SSSR count). The van der Waals surface area contributed by atoms with Crippen molar-refractivity contribution in [2.75, 3.05) is 5.73 Å². The molecule has 0 radical (unpaired) electrons. The average molecular weight is 183 g/mol. The van der Waals surface area contributed by atoms with E-state index in [0.717, 1.165) is 16.0 Å². The Morgan fingerprint density at radius 3 is 2.92 bits per heavy atom. The second kappa shape index (κ2) is 2.35. The van der Waals surface area contributed by atoms with E-state index in [0.29, 0.717) is 5.39 Å². The Bertz CT molecular complexity index is 438. The highest BCUT2D eigenvalue weighted by atomic mass is 32.1. The Morgan fingerprint density at radius 1 is 1.42 bits per heavy atom. The average Bonchev–Trinajstić information content (AvgIpc) is 2.31. The van der Waals surface area contributed by atoms with Gasteiger partial charge in [-0.2, -0.15) is 4.39 Å². The summed E-state index contributed by atoms with van der Waals surface area (Å²) < 4.78 is 13.6. The van der Waals surface area contributed by atoms with Crippen LogP contribution in [0.25, 0.3) is 10.1 Å². The van der Waals surface area contributed by atoms with Crippen LogP contribution in [0.1, 0.15) is 0 Å². The van der Waals surface area contributed by atoms with Crippen LogP contribution in [0.2, 0.25) is 0 Å². The quantitative estimate of drug-likeness (QED) is 0.658. The summed E-state index contributed by atoms with van der Waals surface area (Å²) in [5.41, 5.74) is 5.55. The number of halogens is 1. The molecule has 0 amide bonds. The van der Waals surface area contributed by atoms with E-state index in [1.165, 1.54) is 12.1 Å². The lowest BCUT2D eigenvalue weighted by Crippen LogP contribution is -1.83. The normalized spacial score (nSPS) is 10.8. The zero-order valence-corrected chi connectivity index (χ0v) is 6.86. The van der Waals surface area contributed by atoms with Crippen molar-refractivity contribution in [1.82, 2.24) is 0 Å². The number of benzene rings is 1. The van der Waals surface area contributed by atoms with E-state index in [1.54, 1.807) is 6.07 Å². The molecule has 3 N–H and O–H groups in total. The Labute approximate surface area is 72.1 Å². The second-order valence-electron chi connectivity index (χ2n) is 2.47. The maximum absolute atomic E-state index is 12.9. The molecule has 0 fully saturated rings. The van der Waals surface area contributed by atoms with Crippen molar-refractivity contribution in [3.05, 3.63) is 23.3 Å². The van der Waals surface area contributed by atoms with E-state index < -0.39 is 5.13 Å². The van der Waals surface area contributed by atoms with E-state index in [1.807, 2.05) is 0 Å². The van der Waals surface area contributed by atoms with Gasteiger partial charge >= 0.3 is 0 Å². The van der Waals surface area contributed by atoms with Gasteiger partial charge in [-0.15, -0.1) is 11.3 Å². The van der Waals surface area contributed by atoms with Gasteiger partial charge in [-0.1, -0.05) is 0 Å². The lowest BCUT2D eigenvalue weighted by Gasteiger charge is -1.92. The molecule has 0 aliphatic heterocycles. The molecule has 1 aromatic carbocycles. The van der Waals surface area contributed by atoms with Crippen molar-refractivity contribution in [3.63, 3.8) is 0 Å². The first kappa shape index (κ1) is 7.36. The number of fused-ring (bicyclic) bond motifs is 1. The maximum Gasteiger partial charge on any atom is 0.200 e. The molecule has 62 valence electrons. The van der Waals surface area contributed by atoms with Crippen LogP contribution in [0.4, 0.5) is 10.1 Å². The van der Waals surface area contributed by atoms with Crippen LogP contribution in [0.5, 0.6) is 5.75 Å². The highest BCUT2D eigenvalue weighted by Gasteiger charge is 2.08. The topological polar surface area (TPSA) is 46.2 Å². The first-order chi connectivity index (χ1) is 5.68. The molecule has 1 aromatic heterocycles. The number of hydrogen-bond donors (Lipinski definition) is 2. The number of nitrogen functional groups attached to an aromatic ring is 1. The minimum Gasteiger partial charge on any atom is -0.508 e. The molecule has 0 atom stereocenters. The van der Waals surface area contributed by atoms with Crippen LogP contribution < -0.4 is 5.73 Å². The molecule has 0 spiro atoms. The fraction of sp³-hybridized carbons (Fsp3) is 0. The van der Waals surface area contributed by atoms with Crippen LogP contribution in [-0.2, 0) is 0 Å². The Balaban J connectivity index is 2.88. The molecule has 0 unspecified atom stereocenters. The number of hydrogen-bond acceptors (Lipinski definition) is 3. The molecule has 0 aliphatic rings. The zero-order valence-electron chi connectivity index (χ0n) is 6.04. The number of aromatic hydroxyl groups is 1. The summed E-state index contributed by atoms with van der Waals surface area (Å²) >= 11 is 0.985. The lowest BCUT2D eigenvalue weighted by atomic mass is 10.2. The second-order valence-corrected chi connectivity index (χ2v) is 3.47. The van der Waals surface area contributed by atoms with Crippen molar-refractivity contribution in [1.29, 1.82) is 0 Å². The van der Waals surface area contributed by atoms with Crippen molar-refractivity contribution < 1.29 is 9.50 Å². The van der Waals surface area contributed by atoms with Gasteiger partial charge in [0, 0.05) is 10.1 Å². The highest BCUT2D eigenvalue weighted by molar-refractivity contribution is 7.18. The first-order valence-corrected chi connectivity index (χ1v) is 4.16. The van der Waals surface area contributed by atoms with Gasteiger partial charge in [0.2, 0.25) is 5.13 Å². The fourth-order valence-corrected chi connectivity index (χ4v) is 1.90. The summed E-state index contributed by atoms with van der Waals surface area (Å²) in [5, 5.41) is 9.28. The van der Waals surface area contributed by atoms with Gasteiger partial charge in [0.25, 0.3) is 0 Å².